The molecule has 0 saturated carbocycles. The van der Waals surface area contributed by atoms with E-state index in [9.17, 15) is 4.79 Å². The fourth-order valence-electron chi connectivity index (χ4n) is 2.21. The Kier molecular flexibility index (Phi) is 7.80. The van der Waals surface area contributed by atoms with E-state index >= 15 is 0 Å². The first-order valence-electron chi connectivity index (χ1n) is 8.03. The lowest BCUT2D eigenvalue weighted by Crippen LogP contribution is -2.25. The fourth-order valence-corrected chi connectivity index (χ4v) is 2.21. The van der Waals surface area contributed by atoms with Gasteiger partial charge in [0, 0.05) is 24.8 Å². The van der Waals surface area contributed by atoms with Crippen molar-refractivity contribution in [1.29, 1.82) is 0 Å². The molecule has 118 valence electrons. The summed E-state index contributed by atoms with van der Waals surface area (Å²) in [6.45, 7) is 7.31. The summed E-state index contributed by atoms with van der Waals surface area (Å²) in [6.07, 6.45) is 5.34. The molecule has 2 N–H and O–H groups in total. The smallest absolute Gasteiger partial charge is 0.251 e. The molecule has 4 nitrogen and oxygen atoms in total. The van der Waals surface area contributed by atoms with Crippen LogP contribution in [0, 0.1) is 5.92 Å². The van der Waals surface area contributed by atoms with E-state index in [0.717, 1.165) is 49.7 Å². The third kappa shape index (κ3) is 6.61. The Morgan fingerprint density at radius 3 is 2.67 bits per heavy atom. The molecule has 0 aromatic carbocycles. The van der Waals surface area contributed by atoms with Crippen molar-refractivity contribution in [2.75, 3.05) is 18.9 Å². The highest BCUT2D eigenvalue weighted by Gasteiger charge is 2.09. The molecular weight excluding hydrogens is 262 g/mol. The number of unbranched alkanes of at least 4 members (excludes halogenated alkanes) is 1. The van der Waals surface area contributed by atoms with Gasteiger partial charge in [-0.15, -0.1) is 0 Å². The summed E-state index contributed by atoms with van der Waals surface area (Å²) in [5.74, 6) is 1.48. The number of pyridine rings is 1. The lowest BCUT2D eigenvalue weighted by atomic mass is 10.1. The average molecular weight is 291 g/mol. The van der Waals surface area contributed by atoms with E-state index in [2.05, 4.69) is 36.4 Å². The largest absolute Gasteiger partial charge is 0.373 e. The minimum Gasteiger partial charge on any atom is -0.373 e. The first kappa shape index (κ1) is 17.5. The molecule has 1 amide bonds. The van der Waals surface area contributed by atoms with Crippen LogP contribution in [0.5, 0.6) is 0 Å². The number of rotatable bonds is 9. The van der Waals surface area contributed by atoms with Crippen LogP contribution >= 0.6 is 0 Å². The monoisotopic (exact) mass is 291 g/mol. The van der Waals surface area contributed by atoms with Crippen molar-refractivity contribution in [2.24, 2.45) is 5.92 Å². The van der Waals surface area contributed by atoms with Crippen molar-refractivity contribution in [3.63, 3.8) is 0 Å². The molecule has 0 fully saturated rings. The quantitative estimate of drug-likeness (QED) is 0.683. The highest BCUT2D eigenvalue weighted by Crippen LogP contribution is 2.12. The molecule has 0 aliphatic heterocycles. The van der Waals surface area contributed by atoms with Crippen molar-refractivity contribution < 1.29 is 4.79 Å². The maximum atomic E-state index is 12.2. The molecule has 0 atom stereocenters. The Hall–Kier alpha value is -1.58. The fraction of sp³-hybridized carbons (Fsp3) is 0.647. The molecule has 1 rings (SSSR count). The van der Waals surface area contributed by atoms with E-state index in [-0.39, 0.29) is 5.91 Å². The predicted molar refractivity (Wildman–Crippen MR) is 88.8 cm³/mol. The van der Waals surface area contributed by atoms with Crippen molar-refractivity contribution in [3.8, 4) is 0 Å². The number of hydrogen-bond donors (Lipinski definition) is 2. The molecule has 21 heavy (non-hydrogen) atoms. The second-order valence-electron chi connectivity index (χ2n) is 5.88. The van der Waals surface area contributed by atoms with Crippen molar-refractivity contribution in [2.45, 2.75) is 52.9 Å². The highest BCUT2D eigenvalue weighted by molar-refractivity contribution is 5.95. The lowest BCUT2D eigenvalue weighted by Gasteiger charge is -2.09. The molecule has 0 aliphatic carbocycles. The minimum absolute atomic E-state index is 0.00389. The molecule has 4 heteroatoms. The highest BCUT2D eigenvalue weighted by atomic mass is 16.1. The third-order valence-corrected chi connectivity index (χ3v) is 3.40. The van der Waals surface area contributed by atoms with Crippen LogP contribution < -0.4 is 10.6 Å². The third-order valence-electron chi connectivity index (χ3n) is 3.40. The maximum Gasteiger partial charge on any atom is 0.251 e. The summed E-state index contributed by atoms with van der Waals surface area (Å²) in [6, 6.07) is 3.70. The van der Waals surface area contributed by atoms with Gasteiger partial charge in [0.15, 0.2) is 0 Å². The number of hydrogen-bond acceptors (Lipinski definition) is 3. The lowest BCUT2D eigenvalue weighted by molar-refractivity contribution is 0.0952. The molecule has 1 aromatic heterocycles. The first-order chi connectivity index (χ1) is 10.1. The molecular formula is C17H29N3O. The van der Waals surface area contributed by atoms with Crippen LogP contribution in [0.1, 0.15) is 62.5 Å². The van der Waals surface area contributed by atoms with Gasteiger partial charge < -0.3 is 10.6 Å². The van der Waals surface area contributed by atoms with Gasteiger partial charge in [0.05, 0.1) is 0 Å². The summed E-state index contributed by atoms with van der Waals surface area (Å²) in [5, 5.41) is 6.02. The van der Waals surface area contributed by atoms with E-state index < -0.39 is 0 Å². The minimum atomic E-state index is -0.00389. The standard InChI is InChI=1S/C17H29N3O/c1-5-8-15-11-14(12-16(18-4)20-15)17(21)19-10-7-6-9-13(2)3/h11-13H,5-10H2,1-4H3,(H,18,20)(H,19,21). The van der Waals surface area contributed by atoms with Gasteiger partial charge in [0.25, 0.3) is 5.91 Å². The number of amides is 1. The Labute approximate surface area is 128 Å². The van der Waals surface area contributed by atoms with Crippen LogP contribution in [0.3, 0.4) is 0 Å². The SMILES string of the molecule is CCCc1cc(C(=O)NCCCCC(C)C)cc(NC)n1. The second kappa shape index (κ2) is 9.37. The molecule has 0 unspecified atom stereocenters. The zero-order valence-electron chi connectivity index (χ0n) is 13.8. The summed E-state index contributed by atoms with van der Waals surface area (Å²) in [7, 11) is 1.83. The van der Waals surface area contributed by atoms with Gasteiger partial charge in [0.1, 0.15) is 5.82 Å². The van der Waals surface area contributed by atoms with Gasteiger partial charge in [-0.05, 0) is 30.9 Å². The molecule has 0 aliphatic rings. The molecule has 1 aromatic rings. The number of nitrogens with one attached hydrogen (secondary N) is 2. The van der Waals surface area contributed by atoms with Crippen LogP contribution in [0.15, 0.2) is 12.1 Å². The summed E-state index contributed by atoms with van der Waals surface area (Å²) >= 11 is 0. The van der Waals surface area contributed by atoms with Gasteiger partial charge >= 0.3 is 0 Å². The van der Waals surface area contributed by atoms with Crippen LogP contribution in [-0.4, -0.2) is 24.5 Å². The van der Waals surface area contributed by atoms with Gasteiger partial charge in [-0.1, -0.05) is 40.0 Å². The number of nitrogens with zero attached hydrogens (tertiary/aromatic N) is 1. The normalized spacial score (nSPS) is 10.7. The molecule has 1 heterocycles. The maximum absolute atomic E-state index is 12.2. The Bertz CT molecular complexity index is 444. The predicted octanol–water partition coefficient (Wildman–Crippen LogP) is 3.63. The molecule has 0 bridgehead atoms. The van der Waals surface area contributed by atoms with E-state index in [1.165, 1.54) is 6.42 Å². The summed E-state index contributed by atoms with van der Waals surface area (Å²) < 4.78 is 0. The Morgan fingerprint density at radius 2 is 2.05 bits per heavy atom. The summed E-state index contributed by atoms with van der Waals surface area (Å²) in [5.41, 5.74) is 1.66. The van der Waals surface area contributed by atoms with E-state index in [4.69, 9.17) is 0 Å². The van der Waals surface area contributed by atoms with E-state index in [1.54, 1.807) is 0 Å². The van der Waals surface area contributed by atoms with Crippen LogP contribution in [0.4, 0.5) is 5.82 Å². The number of carbonyl (C=O) groups excluding carboxylic acids is 1. The van der Waals surface area contributed by atoms with Gasteiger partial charge in [-0.3, -0.25) is 4.79 Å². The van der Waals surface area contributed by atoms with Crippen LogP contribution in [-0.2, 0) is 6.42 Å². The zero-order valence-corrected chi connectivity index (χ0v) is 13.8. The zero-order chi connectivity index (χ0) is 15.7. The number of aryl methyl sites for hydroxylation is 1. The first-order valence-corrected chi connectivity index (χ1v) is 8.03. The Morgan fingerprint density at radius 1 is 1.29 bits per heavy atom. The van der Waals surface area contributed by atoms with Crippen molar-refractivity contribution in [1.82, 2.24) is 10.3 Å². The second-order valence-corrected chi connectivity index (χ2v) is 5.88. The summed E-state index contributed by atoms with van der Waals surface area (Å²) in [4.78, 5) is 16.7. The number of carbonyl (C=O) groups is 1. The molecule has 0 spiro atoms. The van der Waals surface area contributed by atoms with Gasteiger partial charge in [-0.2, -0.15) is 0 Å². The topological polar surface area (TPSA) is 54.0 Å². The van der Waals surface area contributed by atoms with Crippen LogP contribution in [0.25, 0.3) is 0 Å². The molecule has 0 radical (unpaired) electrons. The average Bonchev–Trinajstić information content (AvgIpc) is 2.46. The van der Waals surface area contributed by atoms with E-state index in [0.29, 0.717) is 5.56 Å². The molecule has 0 saturated heterocycles. The van der Waals surface area contributed by atoms with Crippen LogP contribution in [0.2, 0.25) is 0 Å². The van der Waals surface area contributed by atoms with Gasteiger partial charge in [-0.25, -0.2) is 4.98 Å². The van der Waals surface area contributed by atoms with Crippen molar-refractivity contribution in [3.05, 3.63) is 23.4 Å². The van der Waals surface area contributed by atoms with Gasteiger partial charge in [0.2, 0.25) is 0 Å². The number of anilines is 1. The van der Waals surface area contributed by atoms with Crippen molar-refractivity contribution >= 4 is 11.7 Å². The number of aromatic nitrogens is 1. The van der Waals surface area contributed by atoms with E-state index in [1.807, 2.05) is 19.2 Å². The Balaban J connectivity index is 2.54.